The molecule has 22 heavy (non-hydrogen) atoms. The third kappa shape index (κ3) is 2.64. The van der Waals surface area contributed by atoms with Crippen LogP contribution in [0.5, 0.6) is 11.5 Å². The largest absolute Gasteiger partial charge is 0.493 e. The molecule has 1 aliphatic rings. The van der Waals surface area contributed by atoms with Crippen LogP contribution in [0.25, 0.3) is 0 Å². The van der Waals surface area contributed by atoms with Crippen LogP contribution >= 0.6 is 11.8 Å². The minimum atomic E-state index is -0.0466. The number of carbonyl (C=O) groups excluding carboxylic acids is 1. The van der Waals surface area contributed by atoms with Crippen LogP contribution in [0.1, 0.15) is 10.9 Å². The van der Waals surface area contributed by atoms with Gasteiger partial charge >= 0.3 is 0 Å². The van der Waals surface area contributed by atoms with E-state index in [-0.39, 0.29) is 11.3 Å². The van der Waals surface area contributed by atoms with Crippen LogP contribution in [-0.2, 0) is 4.79 Å². The van der Waals surface area contributed by atoms with Gasteiger partial charge in [-0.3, -0.25) is 9.69 Å². The Morgan fingerprint density at radius 2 is 1.77 bits per heavy atom. The van der Waals surface area contributed by atoms with Crippen molar-refractivity contribution in [2.45, 2.75) is 5.37 Å². The van der Waals surface area contributed by atoms with E-state index in [9.17, 15) is 4.79 Å². The first-order valence-corrected chi connectivity index (χ1v) is 8.00. The predicted molar refractivity (Wildman–Crippen MR) is 88.7 cm³/mol. The third-order valence-electron chi connectivity index (χ3n) is 3.59. The fourth-order valence-electron chi connectivity index (χ4n) is 2.54. The van der Waals surface area contributed by atoms with Crippen molar-refractivity contribution < 1.29 is 14.3 Å². The van der Waals surface area contributed by atoms with Gasteiger partial charge in [0.05, 0.1) is 20.0 Å². The molecule has 3 rings (SSSR count). The van der Waals surface area contributed by atoms with E-state index in [1.807, 2.05) is 53.4 Å². The quantitative estimate of drug-likeness (QED) is 0.866. The number of ether oxygens (including phenoxy) is 2. The van der Waals surface area contributed by atoms with Gasteiger partial charge in [-0.1, -0.05) is 24.3 Å². The summed E-state index contributed by atoms with van der Waals surface area (Å²) in [6, 6.07) is 15.5. The Morgan fingerprint density at radius 3 is 2.45 bits per heavy atom. The number of carbonyl (C=O) groups is 1. The number of nitrogens with zero attached hydrogens (tertiary/aromatic N) is 1. The van der Waals surface area contributed by atoms with E-state index in [1.54, 1.807) is 26.0 Å². The zero-order chi connectivity index (χ0) is 15.5. The van der Waals surface area contributed by atoms with Gasteiger partial charge in [-0.25, -0.2) is 0 Å². The lowest BCUT2D eigenvalue weighted by molar-refractivity contribution is -0.115. The number of benzene rings is 2. The van der Waals surface area contributed by atoms with Gasteiger partial charge in [0.1, 0.15) is 5.37 Å². The average molecular weight is 315 g/mol. The highest BCUT2D eigenvalue weighted by Crippen LogP contribution is 2.43. The van der Waals surface area contributed by atoms with Gasteiger partial charge in [-0.2, -0.15) is 0 Å². The molecule has 0 aliphatic carbocycles. The molecule has 0 bridgehead atoms. The van der Waals surface area contributed by atoms with Gasteiger partial charge in [-0.15, -0.1) is 11.8 Å². The van der Waals surface area contributed by atoms with E-state index in [4.69, 9.17) is 9.47 Å². The van der Waals surface area contributed by atoms with E-state index in [0.29, 0.717) is 17.3 Å². The predicted octanol–water partition coefficient (Wildman–Crippen LogP) is 3.48. The monoisotopic (exact) mass is 315 g/mol. The van der Waals surface area contributed by atoms with Crippen molar-refractivity contribution in [3.8, 4) is 11.5 Å². The fourth-order valence-corrected chi connectivity index (χ4v) is 3.71. The molecule has 1 aliphatic heterocycles. The Bertz CT molecular complexity index is 675. The number of amides is 1. The van der Waals surface area contributed by atoms with Gasteiger partial charge in [-0.05, 0) is 29.8 Å². The van der Waals surface area contributed by atoms with Gasteiger partial charge < -0.3 is 9.47 Å². The van der Waals surface area contributed by atoms with E-state index in [1.165, 1.54) is 0 Å². The number of anilines is 1. The molecule has 2 aromatic carbocycles. The molecule has 0 aromatic heterocycles. The molecule has 1 atom stereocenters. The average Bonchev–Trinajstić information content (AvgIpc) is 2.96. The number of thioether (sulfide) groups is 1. The zero-order valence-electron chi connectivity index (χ0n) is 12.5. The Kier molecular flexibility index (Phi) is 4.24. The topological polar surface area (TPSA) is 38.8 Å². The van der Waals surface area contributed by atoms with Crippen LogP contribution in [0.2, 0.25) is 0 Å². The first kappa shape index (κ1) is 14.8. The summed E-state index contributed by atoms with van der Waals surface area (Å²) in [5, 5.41) is -0.0466. The van der Waals surface area contributed by atoms with Gasteiger partial charge in [0.25, 0.3) is 0 Å². The van der Waals surface area contributed by atoms with E-state index < -0.39 is 0 Å². The molecule has 1 unspecified atom stereocenters. The van der Waals surface area contributed by atoms with Crippen LogP contribution in [0.3, 0.4) is 0 Å². The lowest BCUT2D eigenvalue weighted by atomic mass is 10.1. The molecule has 0 spiro atoms. The summed E-state index contributed by atoms with van der Waals surface area (Å²) in [5.41, 5.74) is 1.94. The summed E-state index contributed by atoms with van der Waals surface area (Å²) in [7, 11) is 3.23. The molecule has 0 saturated carbocycles. The van der Waals surface area contributed by atoms with Crippen LogP contribution in [0, 0.1) is 0 Å². The van der Waals surface area contributed by atoms with Crippen LogP contribution in [0.4, 0.5) is 5.69 Å². The fraction of sp³-hybridized carbons (Fsp3) is 0.235. The molecule has 1 amide bonds. The van der Waals surface area contributed by atoms with Crippen molar-refractivity contribution in [2.75, 3.05) is 24.9 Å². The van der Waals surface area contributed by atoms with Gasteiger partial charge in [0.15, 0.2) is 11.5 Å². The van der Waals surface area contributed by atoms with Gasteiger partial charge in [0, 0.05) is 5.69 Å². The molecular weight excluding hydrogens is 298 g/mol. The van der Waals surface area contributed by atoms with E-state index in [2.05, 4.69) is 0 Å². The maximum absolute atomic E-state index is 12.3. The van der Waals surface area contributed by atoms with Crippen LogP contribution < -0.4 is 14.4 Å². The molecule has 0 N–H and O–H groups in total. The molecule has 4 nitrogen and oxygen atoms in total. The van der Waals surface area contributed by atoms with E-state index >= 15 is 0 Å². The van der Waals surface area contributed by atoms with Crippen molar-refractivity contribution in [3.05, 3.63) is 54.1 Å². The van der Waals surface area contributed by atoms with Crippen LogP contribution in [-0.4, -0.2) is 25.9 Å². The standard InChI is InChI=1S/C17H17NO3S/c1-20-14-9-8-12(10-15(14)21-2)17-18(16(19)11-22-17)13-6-4-3-5-7-13/h3-10,17H,11H2,1-2H3. The van der Waals surface area contributed by atoms with Crippen molar-refractivity contribution in [1.82, 2.24) is 0 Å². The Morgan fingerprint density at radius 1 is 1.05 bits per heavy atom. The number of hydrogen-bond acceptors (Lipinski definition) is 4. The normalized spacial score (nSPS) is 17.6. The SMILES string of the molecule is COc1ccc(C2SCC(=O)N2c2ccccc2)cc1OC. The maximum Gasteiger partial charge on any atom is 0.238 e. The van der Waals surface area contributed by atoms with E-state index in [0.717, 1.165) is 11.3 Å². The second-order valence-electron chi connectivity index (χ2n) is 4.88. The Hall–Kier alpha value is -2.14. The number of hydrogen-bond donors (Lipinski definition) is 0. The third-order valence-corrected chi connectivity index (χ3v) is 4.81. The van der Waals surface area contributed by atoms with Crippen molar-refractivity contribution in [2.24, 2.45) is 0 Å². The summed E-state index contributed by atoms with van der Waals surface area (Å²) in [6.07, 6.45) is 0. The summed E-state index contributed by atoms with van der Waals surface area (Å²) in [4.78, 5) is 14.1. The number of rotatable bonds is 4. The van der Waals surface area contributed by atoms with Gasteiger partial charge in [0.2, 0.25) is 5.91 Å². The smallest absolute Gasteiger partial charge is 0.238 e. The summed E-state index contributed by atoms with van der Waals surface area (Å²) in [5.74, 6) is 1.96. The second-order valence-corrected chi connectivity index (χ2v) is 5.95. The first-order valence-electron chi connectivity index (χ1n) is 6.95. The molecule has 1 saturated heterocycles. The highest BCUT2D eigenvalue weighted by molar-refractivity contribution is 8.00. The summed E-state index contributed by atoms with van der Waals surface area (Å²) < 4.78 is 10.6. The molecule has 114 valence electrons. The molecule has 2 aromatic rings. The van der Waals surface area contributed by atoms with Crippen molar-refractivity contribution >= 4 is 23.4 Å². The highest BCUT2D eigenvalue weighted by atomic mass is 32.2. The van der Waals surface area contributed by atoms with Crippen molar-refractivity contribution in [3.63, 3.8) is 0 Å². The minimum Gasteiger partial charge on any atom is -0.493 e. The minimum absolute atomic E-state index is 0.0466. The zero-order valence-corrected chi connectivity index (χ0v) is 13.3. The van der Waals surface area contributed by atoms with Crippen molar-refractivity contribution in [1.29, 1.82) is 0 Å². The Labute approximate surface area is 134 Å². The molecule has 0 radical (unpaired) electrons. The maximum atomic E-state index is 12.3. The summed E-state index contributed by atoms with van der Waals surface area (Å²) >= 11 is 1.62. The first-order chi connectivity index (χ1) is 10.7. The number of para-hydroxylation sites is 1. The molecule has 5 heteroatoms. The lowest BCUT2D eigenvalue weighted by Gasteiger charge is -2.24. The molecular formula is C17H17NO3S. The lowest BCUT2D eigenvalue weighted by Crippen LogP contribution is -2.27. The number of methoxy groups -OCH3 is 2. The second kappa shape index (κ2) is 6.32. The highest BCUT2D eigenvalue weighted by Gasteiger charge is 2.34. The van der Waals surface area contributed by atoms with Crippen LogP contribution in [0.15, 0.2) is 48.5 Å². The Balaban J connectivity index is 1.98. The summed E-state index contributed by atoms with van der Waals surface area (Å²) in [6.45, 7) is 0. The molecule has 1 fully saturated rings. The molecule has 1 heterocycles.